The van der Waals surface area contributed by atoms with Gasteiger partial charge in [-0.2, -0.15) is 0 Å². The molecule has 3 heterocycles. The van der Waals surface area contributed by atoms with Crippen molar-refractivity contribution in [3.8, 4) is 0 Å². The average Bonchev–Trinajstić information content (AvgIpc) is 3.32. The fraction of sp³-hybridized carbons (Fsp3) is 0.783. The van der Waals surface area contributed by atoms with Crippen LogP contribution in [0.5, 0.6) is 0 Å². The molecular weight excluding hydrogens is 505 g/mol. The Morgan fingerprint density at radius 2 is 1.97 bits per heavy atom. The standard InChI is InChI=1S/C23H41N5O2.HI/c1-3-24-23(25-18-20-9-13-27(14-10-20)15-17-29-2)26-19-21(22-8-7-16-30-22)28-11-5-4-6-12-28;/h7-8,16,20-21H,3-6,9-15,17-19H2,1-2H3,(H2,24,25,26);1H. The van der Waals surface area contributed by atoms with E-state index in [1.165, 1.54) is 45.2 Å². The molecule has 1 atom stereocenters. The smallest absolute Gasteiger partial charge is 0.191 e. The number of methoxy groups -OCH3 is 1. The van der Waals surface area contributed by atoms with Crippen LogP contribution in [-0.4, -0.2) is 81.8 Å². The van der Waals surface area contributed by atoms with E-state index in [4.69, 9.17) is 14.1 Å². The first-order chi connectivity index (χ1) is 14.8. The third-order valence-corrected chi connectivity index (χ3v) is 6.35. The summed E-state index contributed by atoms with van der Waals surface area (Å²) in [6.45, 7) is 11.2. The number of likely N-dealkylation sites (tertiary alicyclic amines) is 2. The van der Waals surface area contributed by atoms with Crippen molar-refractivity contribution in [1.82, 2.24) is 20.4 Å². The molecule has 0 spiro atoms. The molecule has 0 saturated carbocycles. The molecule has 178 valence electrons. The molecular formula is C23H42IN5O2. The van der Waals surface area contributed by atoms with Crippen LogP contribution in [-0.2, 0) is 4.74 Å². The molecule has 1 unspecified atom stereocenters. The van der Waals surface area contributed by atoms with Crippen molar-refractivity contribution in [3.63, 3.8) is 0 Å². The molecule has 8 heteroatoms. The minimum Gasteiger partial charge on any atom is -0.468 e. The van der Waals surface area contributed by atoms with E-state index in [1.807, 2.05) is 6.07 Å². The van der Waals surface area contributed by atoms with Crippen molar-refractivity contribution in [3.05, 3.63) is 24.2 Å². The van der Waals surface area contributed by atoms with Crippen LogP contribution in [0, 0.1) is 5.92 Å². The summed E-state index contributed by atoms with van der Waals surface area (Å²) in [7, 11) is 1.78. The second-order valence-electron chi connectivity index (χ2n) is 8.51. The lowest BCUT2D eigenvalue weighted by atomic mass is 9.97. The Hall–Kier alpha value is -0.840. The van der Waals surface area contributed by atoms with Gasteiger partial charge >= 0.3 is 0 Å². The molecule has 1 aromatic rings. The zero-order valence-electron chi connectivity index (χ0n) is 19.4. The highest BCUT2D eigenvalue weighted by Crippen LogP contribution is 2.25. The number of halogens is 1. The highest BCUT2D eigenvalue weighted by molar-refractivity contribution is 14.0. The summed E-state index contributed by atoms with van der Waals surface area (Å²) >= 11 is 0. The Bertz CT molecular complexity index is 599. The molecule has 0 aromatic carbocycles. The third-order valence-electron chi connectivity index (χ3n) is 6.35. The Balaban J connectivity index is 0.00000341. The van der Waals surface area contributed by atoms with Crippen LogP contribution in [0.25, 0.3) is 0 Å². The van der Waals surface area contributed by atoms with Gasteiger partial charge in [-0.25, -0.2) is 0 Å². The predicted octanol–water partition coefficient (Wildman–Crippen LogP) is 3.34. The largest absolute Gasteiger partial charge is 0.468 e. The SMILES string of the molecule is CCNC(=NCC(c1ccco1)N1CCCCC1)NCC1CCN(CCOC)CC1.I. The van der Waals surface area contributed by atoms with E-state index in [2.05, 4.69) is 33.4 Å². The van der Waals surface area contributed by atoms with Crippen molar-refractivity contribution >= 4 is 29.9 Å². The van der Waals surface area contributed by atoms with Gasteiger partial charge in [-0.05, 0) is 76.8 Å². The fourth-order valence-corrected chi connectivity index (χ4v) is 4.49. The van der Waals surface area contributed by atoms with Crippen LogP contribution in [0.15, 0.2) is 27.8 Å². The Morgan fingerprint density at radius 1 is 1.19 bits per heavy atom. The number of hydrogen-bond acceptors (Lipinski definition) is 5. The van der Waals surface area contributed by atoms with Gasteiger partial charge in [-0.15, -0.1) is 24.0 Å². The molecule has 3 rings (SSSR count). The minimum atomic E-state index is 0. The van der Waals surface area contributed by atoms with Gasteiger partial charge in [-0.3, -0.25) is 9.89 Å². The summed E-state index contributed by atoms with van der Waals surface area (Å²) < 4.78 is 11.0. The zero-order valence-corrected chi connectivity index (χ0v) is 21.7. The number of nitrogens with zero attached hydrogens (tertiary/aromatic N) is 3. The number of furan rings is 1. The van der Waals surface area contributed by atoms with Crippen molar-refractivity contribution < 1.29 is 9.15 Å². The molecule has 0 bridgehead atoms. The second-order valence-corrected chi connectivity index (χ2v) is 8.51. The van der Waals surface area contributed by atoms with Crippen LogP contribution in [0.3, 0.4) is 0 Å². The third kappa shape index (κ3) is 8.90. The van der Waals surface area contributed by atoms with Gasteiger partial charge in [-0.1, -0.05) is 6.42 Å². The summed E-state index contributed by atoms with van der Waals surface area (Å²) in [6.07, 6.45) is 8.11. The van der Waals surface area contributed by atoms with Crippen LogP contribution in [0.2, 0.25) is 0 Å². The highest BCUT2D eigenvalue weighted by atomic mass is 127. The van der Waals surface area contributed by atoms with Gasteiger partial charge < -0.3 is 24.7 Å². The van der Waals surface area contributed by atoms with Crippen molar-refractivity contribution in [2.45, 2.75) is 45.1 Å². The summed E-state index contributed by atoms with van der Waals surface area (Å²) in [5, 5.41) is 7.02. The number of ether oxygens (including phenoxy) is 1. The highest BCUT2D eigenvalue weighted by Gasteiger charge is 2.24. The minimum absolute atomic E-state index is 0. The van der Waals surface area contributed by atoms with Gasteiger partial charge in [0.05, 0.1) is 25.5 Å². The fourth-order valence-electron chi connectivity index (χ4n) is 4.49. The van der Waals surface area contributed by atoms with Crippen LogP contribution in [0.4, 0.5) is 0 Å². The van der Waals surface area contributed by atoms with E-state index < -0.39 is 0 Å². The van der Waals surface area contributed by atoms with Gasteiger partial charge in [0, 0.05) is 26.7 Å². The zero-order chi connectivity index (χ0) is 21.0. The van der Waals surface area contributed by atoms with Crippen LogP contribution < -0.4 is 10.6 Å². The van der Waals surface area contributed by atoms with Crippen molar-refractivity contribution in [2.75, 3.05) is 66.1 Å². The molecule has 2 N–H and O–H groups in total. The molecule has 0 amide bonds. The molecule has 2 aliphatic rings. The van der Waals surface area contributed by atoms with Crippen molar-refractivity contribution in [1.29, 1.82) is 0 Å². The first-order valence-electron chi connectivity index (χ1n) is 11.8. The molecule has 0 radical (unpaired) electrons. The van der Waals surface area contributed by atoms with E-state index >= 15 is 0 Å². The van der Waals surface area contributed by atoms with Crippen LogP contribution in [0.1, 0.15) is 50.8 Å². The Labute approximate surface area is 205 Å². The number of hydrogen-bond donors (Lipinski definition) is 2. The number of aliphatic imine (C=N–C) groups is 1. The molecule has 2 fully saturated rings. The molecule has 0 aliphatic carbocycles. The quantitative estimate of drug-likeness (QED) is 0.266. The first-order valence-corrected chi connectivity index (χ1v) is 11.8. The topological polar surface area (TPSA) is 65.3 Å². The lowest BCUT2D eigenvalue weighted by molar-refractivity contribution is 0.121. The summed E-state index contributed by atoms with van der Waals surface area (Å²) in [5.74, 6) is 2.66. The predicted molar refractivity (Wildman–Crippen MR) is 137 cm³/mol. The number of guanidine groups is 1. The summed E-state index contributed by atoms with van der Waals surface area (Å²) in [5.41, 5.74) is 0. The maximum Gasteiger partial charge on any atom is 0.191 e. The van der Waals surface area contributed by atoms with E-state index in [0.29, 0.717) is 5.92 Å². The number of nitrogens with one attached hydrogen (secondary N) is 2. The van der Waals surface area contributed by atoms with Crippen molar-refractivity contribution in [2.24, 2.45) is 10.9 Å². The van der Waals surface area contributed by atoms with Gasteiger partial charge in [0.15, 0.2) is 5.96 Å². The molecule has 7 nitrogen and oxygen atoms in total. The van der Waals surface area contributed by atoms with E-state index in [9.17, 15) is 0 Å². The van der Waals surface area contributed by atoms with Crippen LogP contribution >= 0.6 is 24.0 Å². The Morgan fingerprint density at radius 3 is 2.61 bits per heavy atom. The van der Waals surface area contributed by atoms with Gasteiger partial charge in [0.25, 0.3) is 0 Å². The summed E-state index contributed by atoms with van der Waals surface area (Å²) in [4.78, 5) is 9.99. The van der Waals surface area contributed by atoms with E-state index in [0.717, 1.165) is 57.6 Å². The lowest BCUT2D eigenvalue weighted by Gasteiger charge is -2.33. The number of piperidine rings is 2. The normalized spacial score (nSPS) is 20.3. The van der Waals surface area contributed by atoms with E-state index in [-0.39, 0.29) is 30.0 Å². The monoisotopic (exact) mass is 547 g/mol. The van der Waals surface area contributed by atoms with E-state index in [1.54, 1.807) is 13.4 Å². The van der Waals surface area contributed by atoms with Gasteiger partial charge in [0.2, 0.25) is 0 Å². The van der Waals surface area contributed by atoms with Gasteiger partial charge in [0.1, 0.15) is 5.76 Å². The molecule has 31 heavy (non-hydrogen) atoms. The number of rotatable bonds is 10. The lowest BCUT2D eigenvalue weighted by Crippen LogP contribution is -2.44. The Kier molecular flexibility index (Phi) is 12.8. The average molecular weight is 548 g/mol. The maximum atomic E-state index is 5.77. The maximum absolute atomic E-state index is 5.77. The second kappa shape index (κ2) is 15.1. The molecule has 2 aliphatic heterocycles. The first kappa shape index (κ1) is 26.4. The molecule has 2 saturated heterocycles. The summed E-state index contributed by atoms with van der Waals surface area (Å²) in [6, 6.07) is 4.30. The molecule has 1 aromatic heterocycles.